The summed E-state index contributed by atoms with van der Waals surface area (Å²) in [5.74, 6) is -0.122. The Kier molecular flexibility index (Phi) is 7.47. The third kappa shape index (κ3) is 7.54. The normalized spacial score (nSPS) is 13.3. The van der Waals surface area contributed by atoms with Gasteiger partial charge in [-0.15, -0.1) is 13.2 Å². The van der Waals surface area contributed by atoms with Gasteiger partial charge in [0.05, 0.1) is 16.7 Å². The molecule has 7 nitrogen and oxygen atoms in total. The number of likely N-dealkylation sites (N-methyl/N-ethyl adjacent to an activating group) is 1. The highest BCUT2D eigenvalue weighted by Gasteiger charge is 2.31. The molecular formula is C18H21F3N2O5S. The second kappa shape index (κ2) is 9.44. The number of benzene rings is 2. The van der Waals surface area contributed by atoms with E-state index >= 15 is 0 Å². The van der Waals surface area contributed by atoms with Crippen molar-refractivity contribution in [1.29, 1.82) is 0 Å². The first-order valence-electron chi connectivity index (χ1n) is 8.39. The van der Waals surface area contributed by atoms with E-state index in [1.165, 1.54) is 36.4 Å². The second-order valence-corrected chi connectivity index (χ2v) is 8.50. The minimum Gasteiger partial charge on any atom is -0.457 e. The maximum Gasteiger partial charge on any atom is 0.573 e. The fourth-order valence-corrected chi connectivity index (χ4v) is 3.95. The number of hydroxylamine groups is 1. The molecule has 0 aliphatic heterocycles. The van der Waals surface area contributed by atoms with Crippen molar-refractivity contribution in [1.82, 2.24) is 10.4 Å². The number of alkyl halides is 3. The predicted molar refractivity (Wildman–Crippen MR) is 99.0 cm³/mol. The number of rotatable bonds is 9. The maximum atomic E-state index is 12.5. The summed E-state index contributed by atoms with van der Waals surface area (Å²) in [4.78, 5) is 1.79. The molecule has 0 amide bonds. The highest BCUT2D eigenvalue weighted by Crippen LogP contribution is 2.28. The molecule has 0 fully saturated rings. The topological polar surface area (TPSA) is 88.1 Å². The standard InChI is InChI=1S/C18H21F3N2O5S/c1-23(2)11-13(22-24)12-29(25,26)17-9-7-15(8-10-17)27-14-3-5-16(6-4-14)28-18(19,20)21/h3-10,13,22,24H,11-12H2,1-2H3. The van der Waals surface area contributed by atoms with Crippen LogP contribution in [0.1, 0.15) is 0 Å². The van der Waals surface area contributed by atoms with Crippen molar-refractivity contribution in [3.8, 4) is 17.2 Å². The third-order valence-corrected chi connectivity index (χ3v) is 5.50. The molecule has 0 aliphatic rings. The van der Waals surface area contributed by atoms with Crippen LogP contribution in [-0.4, -0.2) is 57.3 Å². The monoisotopic (exact) mass is 434 g/mol. The number of hydrogen-bond acceptors (Lipinski definition) is 7. The zero-order chi connectivity index (χ0) is 21.7. The van der Waals surface area contributed by atoms with Crippen LogP contribution in [0.2, 0.25) is 0 Å². The van der Waals surface area contributed by atoms with Crippen LogP contribution in [0.5, 0.6) is 17.2 Å². The molecule has 2 aromatic carbocycles. The lowest BCUT2D eigenvalue weighted by molar-refractivity contribution is -0.274. The summed E-state index contributed by atoms with van der Waals surface area (Å²) in [7, 11) is -0.148. The van der Waals surface area contributed by atoms with Crippen LogP contribution in [0, 0.1) is 0 Å². The van der Waals surface area contributed by atoms with Crippen LogP contribution in [-0.2, 0) is 9.84 Å². The van der Waals surface area contributed by atoms with E-state index in [9.17, 15) is 21.6 Å². The SMILES string of the molecule is CN(C)CC(CS(=O)(=O)c1ccc(Oc2ccc(OC(F)(F)F)cc2)cc1)NO. The summed E-state index contributed by atoms with van der Waals surface area (Å²) in [6.45, 7) is 0.324. The molecule has 0 saturated heterocycles. The van der Waals surface area contributed by atoms with Crippen molar-refractivity contribution in [3.05, 3.63) is 48.5 Å². The summed E-state index contributed by atoms with van der Waals surface area (Å²) in [5.41, 5.74) is 2.00. The molecule has 2 N–H and O–H groups in total. The van der Waals surface area contributed by atoms with E-state index in [4.69, 9.17) is 9.94 Å². The first-order valence-corrected chi connectivity index (χ1v) is 10.0. The first kappa shape index (κ1) is 22.9. The molecule has 0 saturated carbocycles. The Balaban J connectivity index is 2.04. The van der Waals surface area contributed by atoms with Gasteiger partial charge in [-0.25, -0.2) is 13.9 Å². The van der Waals surface area contributed by atoms with Crippen molar-refractivity contribution in [2.45, 2.75) is 17.3 Å². The summed E-state index contributed by atoms with van der Waals surface area (Å²) in [6.07, 6.45) is -4.78. The fraction of sp³-hybridized carbons (Fsp3) is 0.333. The predicted octanol–water partition coefficient (Wildman–Crippen LogP) is 3.06. The van der Waals surface area contributed by atoms with Gasteiger partial charge in [-0.3, -0.25) is 0 Å². The van der Waals surface area contributed by atoms with Crippen molar-refractivity contribution < 1.29 is 36.3 Å². The molecule has 0 spiro atoms. The highest BCUT2D eigenvalue weighted by atomic mass is 32.2. The van der Waals surface area contributed by atoms with Crippen LogP contribution < -0.4 is 15.0 Å². The summed E-state index contributed by atoms with van der Waals surface area (Å²) >= 11 is 0. The van der Waals surface area contributed by atoms with Gasteiger partial charge in [0.25, 0.3) is 0 Å². The zero-order valence-corrected chi connectivity index (χ0v) is 16.5. The van der Waals surface area contributed by atoms with E-state index in [-0.39, 0.29) is 22.1 Å². The van der Waals surface area contributed by atoms with E-state index in [1.54, 1.807) is 19.0 Å². The smallest absolute Gasteiger partial charge is 0.457 e. The minimum absolute atomic E-state index is 0.0535. The number of ether oxygens (including phenoxy) is 2. The van der Waals surface area contributed by atoms with Crippen molar-refractivity contribution in [2.75, 3.05) is 26.4 Å². The van der Waals surface area contributed by atoms with E-state index in [1.807, 2.05) is 5.48 Å². The Labute approximate surface area is 166 Å². The molecule has 160 valence electrons. The zero-order valence-electron chi connectivity index (χ0n) is 15.7. The third-order valence-electron chi connectivity index (χ3n) is 3.66. The quantitative estimate of drug-likeness (QED) is 0.587. The van der Waals surface area contributed by atoms with Crippen molar-refractivity contribution >= 4 is 9.84 Å². The molecule has 0 aliphatic carbocycles. The van der Waals surface area contributed by atoms with Crippen LogP contribution in [0.4, 0.5) is 13.2 Å². The van der Waals surface area contributed by atoms with Gasteiger partial charge in [0.1, 0.15) is 17.2 Å². The molecule has 2 aromatic rings. The molecule has 11 heteroatoms. The maximum absolute atomic E-state index is 12.5. The molecule has 0 bridgehead atoms. The van der Waals surface area contributed by atoms with Gasteiger partial charge in [-0.1, -0.05) is 0 Å². The second-order valence-electron chi connectivity index (χ2n) is 6.46. The number of nitrogens with one attached hydrogen (secondary N) is 1. The van der Waals surface area contributed by atoms with Crippen LogP contribution in [0.15, 0.2) is 53.4 Å². The minimum atomic E-state index is -4.78. The average Bonchev–Trinajstić information content (AvgIpc) is 2.61. The van der Waals surface area contributed by atoms with Gasteiger partial charge in [0.15, 0.2) is 9.84 Å². The van der Waals surface area contributed by atoms with E-state index in [2.05, 4.69) is 4.74 Å². The number of hydrogen-bond donors (Lipinski definition) is 2. The Bertz CT molecular complexity index is 885. The summed E-state index contributed by atoms with van der Waals surface area (Å²) in [6, 6.07) is 9.72. The van der Waals surface area contributed by atoms with Gasteiger partial charge in [-0.2, -0.15) is 0 Å². The lowest BCUT2D eigenvalue weighted by Crippen LogP contribution is -2.41. The molecule has 0 radical (unpaired) electrons. The molecule has 29 heavy (non-hydrogen) atoms. The van der Waals surface area contributed by atoms with E-state index in [0.717, 1.165) is 12.1 Å². The van der Waals surface area contributed by atoms with Crippen LogP contribution >= 0.6 is 0 Å². The first-order chi connectivity index (χ1) is 13.5. The van der Waals surface area contributed by atoms with Crippen molar-refractivity contribution in [3.63, 3.8) is 0 Å². The van der Waals surface area contributed by atoms with Gasteiger partial charge in [0, 0.05) is 6.54 Å². The van der Waals surface area contributed by atoms with Crippen LogP contribution in [0.25, 0.3) is 0 Å². The summed E-state index contributed by atoms with van der Waals surface area (Å²) in [5, 5.41) is 9.14. The highest BCUT2D eigenvalue weighted by molar-refractivity contribution is 7.91. The van der Waals surface area contributed by atoms with Gasteiger partial charge >= 0.3 is 6.36 Å². The van der Waals surface area contributed by atoms with Gasteiger partial charge in [-0.05, 0) is 62.6 Å². The Hall–Kier alpha value is -2.34. The molecule has 1 unspecified atom stereocenters. The lowest BCUT2D eigenvalue weighted by atomic mass is 10.3. The van der Waals surface area contributed by atoms with Crippen LogP contribution in [0.3, 0.4) is 0 Å². The Morgan fingerprint density at radius 2 is 1.48 bits per heavy atom. The number of halogens is 3. The van der Waals surface area contributed by atoms with E-state index < -0.39 is 22.2 Å². The molecule has 1 atom stereocenters. The molecule has 0 aromatic heterocycles. The molecule has 0 heterocycles. The fourth-order valence-electron chi connectivity index (χ4n) is 2.49. The van der Waals surface area contributed by atoms with E-state index in [0.29, 0.717) is 12.3 Å². The Morgan fingerprint density at radius 3 is 1.93 bits per heavy atom. The molecule has 2 rings (SSSR count). The number of nitrogens with zero attached hydrogens (tertiary/aromatic N) is 1. The average molecular weight is 434 g/mol. The van der Waals surface area contributed by atoms with Crippen molar-refractivity contribution in [2.24, 2.45) is 0 Å². The lowest BCUT2D eigenvalue weighted by Gasteiger charge is -2.19. The number of sulfone groups is 1. The van der Waals surface area contributed by atoms with Gasteiger partial charge in [0.2, 0.25) is 0 Å². The summed E-state index contributed by atoms with van der Waals surface area (Å²) < 4.78 is 70.7. The van der Waals surface area contributed by atoms with Gasteiger partial charge < -0.3 is 19.6 Å². The Morgan fingerprint density at radius 1 is 1.00 bits per heavy atom. The molecular weight excluding hydrogens is 413 g/mol. The largest absolute Gasteiger partial charge is 0.573 e.